The Balaban J connectivity index is 1.53. The van der Waals surface area contributed by atoms with E-state index in [1.807, 2.05) is 41.1 Å². The minimum Gasteiger partial charge on any atom is -0.342 e. The van der Waals surface area contributed by atoms with Gasteiger partial charge in [-0.15, -0.1) is 10.2 Å². The first-order valence-electron chi connectivity index (χ1n) is 11.3. The van der Waals surface area contributed by atoms with Gasteiger partial charge in [0.05, 0.1) is 23.5 Å². The Labute approximate surface area is 186 Å². The van der Waals surface area contributed by atoms with E-state index >= 15 is 0 Å². The predicted molar refractivity (Wildman–Crippen MR) is 121 cm³/mol. The van der Waals surface area contributed by atoms with Crippen molar-refractivity contribution in [2.75, 3.05) is 4.90 Å². The molecule has 0 spiro atoms. The third kappa shape index (κ3) is 2.97. The van der Waals surface area contributed by atoms with Crippen molar-refractivity contribution in [2.24, 2.45) is 0 Å². The van der Waals surface area contributed by atoms with Crippen molar-refractivity contribution < 1.29 is 0 Å². The lowest BCUT2D eigenvalue weighted by atomic mass is 10.0. The zero-order valence-electron chi connectivity index (χ0n) is 18.0. The van der Waals surface area contributed by atoms with Gasteiger partial charge in [0.1, 0.15) is 18.3 Å². The second kappa shape index (κ2) is 7.78. The highest BCUT2D eigenvalue weighted by Crippen LogP contribution is 2.43. The Kier molecular flexibility index (Phi) is 4.63. The standard InChI is InChI=1S/C24H24N8/c1-2-19-24-30-28-15-31(24)20-13-26-22(29-23(20)32(19)17-10-6-7-11-17)18-12-25-14-27-21(18)16-8-4-3-5-9-16/h3-5,8-9,12-15,17,19H,2,6-7,10-11H2,1H3/t19-/m1/s1. The maximum absolute atomic E-state index is 5.13. The fraction of sp³-hybridized carbons (Fsp3) is 0.333. The lowest BCUT2D eigenvalue weighted by Crippen LogP contribution is -2.42. The molecule has 3 aromatic heterocycles. The molecule has 1 saturated carbocycles. The lowest BCUT2D eigenvalue weighted by Gasteiger charge is -2.40. The summed E-state index contributed by atoms with van der Waals surface area (Å²) in [4.78, 5) is 21.2. The van der Waals surface area contributed by atoms with Crippen molar-refractivity contribution >= 4 is 5.82 Å². The SMILES string of the molecule is CC[C@@H]1c2nncn2-c2cnc(-c3cncnc3-c3ccccc3)nc2N1C1CCCC1. The number of hydrogen-bond donors (Lipinski definition) is 0. The molecule has 0 bridgehead atoms. The quantitative estimate of drug-likeness (QED) is 0.480. The Morgan fingerprint density at radius 3 is 2.69 bits per heavy atom. The molecule has 160 valence electrons. The normalized spacial score (nSPS) is 17.9. The van der Waals surface area contributed by atoms with Crippen LogP contribution in [0.4, 0.5) is 5.82 Å². The van der Waals surface area contributed by atoms with Crippen molar-refractivity contribution in [3.63, 3.8) is 0 Å². The van der Waals surface area contributed by atoms with Crippen molar-refractivity contribution in [1.82, 2.24) is 34.7 Å². The highest BCUT2D eigenvalue weighted by molar-refractivity contribution is 5.78. The van der Waals surface area contributed by atoms with E-state index in [1.54, 1.807) is 18.9 Å². The molecule has 0 amide bonds. The van der Waals surface area contributed by atoms with E-state index in [0.717, 1.165) is 40.6 Å². The number of nitrogens with zero attached hydrogens (tertiary/aromatic N) is 8. The largest absolute Gasteiger partial charge is 0.342 e. The molecule has 0 unspecified atom stereocenters. The number of hydrogen-bond acceptors (Lipinski definition) is 7. The molecule has 6 rings (SSSR count). The van der Waals surface area contributed by atoms with Crippen LogP contribution in [0.2, 0.25) is 0 Å². The van der Waals surface area contributed by atoms with Crippen LogP contribution in [0.3, 0.4) is 0 Å². The first kappa shape index (κ1) is 19.0. The van der Waals surface area contributed by atoms with E-state index < -0.39 is 0 Å². The van der Waals surface area contributed by atoms with Gasteiger partial charge in [-0.1, -0.05) is 50.1 Å². The van der Waals surface area contributed by atoms with Gasteiger partial charge in [0.15, 0.2) is 17.5 Å². The molecule has 4 heterocycles. The average Bonchev–Trinajstić information content (AvgIpc) is 3.56. The zero-order chi connectivity index (χ0) is 21.5. The van der Waals surface area contributed by atoms with Crippen LogP contribution >= 0.6 is 0 Å². The molecule has 1 aromatic carbocycles. The van der Waals surface area contributed by atoms with E-state index in [0.29, 0.717) is 11.9 Å². The van der Waals surface area contributed by atoms with Gasteiger partial charge < -0.3 is 4.90 Å². The third-order valence-corrected chi connectivity index (χ3v) is 6.57. The van der Waals surface area contributed by atoms with E-state index in [-0.39, 0.29) is 6.04 Å². The van der Waals surface area contributed by atoms with E-state index in [9.17, 15) is 0 Å². The summed E-state index contributed by atoms with van der Waals surface area (Å²) in [5, 5.41) is 8.67. The summed E-state index contributed by atoms with van der Waals surface area (Å²) in [7, 11) is 0. The van der Waals surface area contributed by atoms with Gasteiger partial charge in [-0.05, 0) is 19.3 Å². The molecule has 8 nitrogen and oxygen atoms in total. The van der Waals surface area contributed by atoms with Gasteiger partial charge in [-0.25, -0.2) is 19.9 Å². The first-order chi connectivity index (χ1) is 15.8. The van der Waals surface area contributed by atoms with Gasteiger partial charge in [0, 0.05) is 17.8 Å². The Bertz CT molecular complexity index is 1250. The fourth-order valence-corrected chi connectivity index (χ4v) is 5.09. The van der Waals surface area contributed by atoms with Crippen molar-refractivity contribution in [3.05, 3.63) is 61.2 Å². The van der Waals surface area contributed by atoms with E-state index in [4.69, 9.17) is 9.97 Å². The van der Waals surface area contributed by atoms with Crippen LogP contribution in [0.25, 0.3) is 28.3 Å². The van der Waals surface area contributed by atoms with Gasteiger partial charge in [0.2, 0.25) is 0 Å². The minimum atomic E-state index is 0.150. The Morgan fingerprint density at radius 1 is 1.03 bits per heavy atom. The molecule has 1 fully saturated rings. The fourth-order valence-electron chi connectivity index (χ4n) is 5.09. The molecular weight excluding hydrogens is 400 g/mol. The third-order valence-electron chi connectivity index (χ3n) is 6.57. The minimum absolute atomic E-state index is 0.150. The van der Waals surface area contributed by atoms with Crippen molar-refractivity contribution in [1.29, 1.82) is 0 Å². The second-order valence-corrected chi connectivity index (χ2v) is 8.38. The lowest BCUT2D eigenvalue weighted by molar-refractivity contribution is 0.469. The van der Waals surface area contributed by atoms with E-state index in [1.165, 1.54) is 25.7 Å². The number of anilines is 1. The molecule has 1 atom stereocenters. The van der Waals surface area contributed by atoms with Crippen molar-refractivity contribution in [3.8, 4) is 28.3 Å². The molecule has 2 aliphatic rings. The molecule has 4 aromatic rings. The van der Waals surface area contributed by atoms with Crippen LogP contribution in [0, 0.1) is 0 Å². The maximum atomic E-state index is 5.13. The summed E-state index contributed by atoms with van der Waals surface area (Å²) in [5.74, 6) is 2.55. The molecule has 0 N–H and O–H groups in total. The zero-order valence-corrected chi connectivity index (χ0v) is 18.0. The van der Waals surface area contributed by atoms with Gasteiger partial charge >= 0.3 is 0 Å². The Morgan fingerprint density at radius 2 is 1.88 bits per heavy atom. The molecule has 1 aliphatic carbocycles. The number of fused-ring (bicyclic) bond motifs is 3. The number of rotatable bonds is 4. The number of benzene rings is 1. The highest BCUT2D eigenvalue weighted by Gasteiger charge is 2.38. The topological polar surface area (TPSA) is 85.5 Å². The van der Waals surface area contributed by atoms with Gasteiger partial charge in [0.25, 0.3) is 0 Å². The maximum Gasteiger partial charge on any atom is 0.165 e. The summed E-state index contributed by atoms with van der Waals surface area (Å²) in [6.07, 6.45) is 12.8. The molecule has 1 aliphatic heterocycles. The summed E-state index contributed by atoms with van der Waals surface area (Å²) in [6.45, 7) is 2.21. The monoisotopic (exact) mass is 424 g/mol. The first-order valence-corrected chi connectivity index (χ1v) is 11.3. The van der Waals surface area contributed by atoms with Crippen LogP contribution < -0.4 is 4.90 Å². The predicted octanol–water partition coefficient (Wildman–Crippen LogP) is 4.40. The molecule has 0 saturated heterocycles. The second-order valence-electron chi connectivity index (χ2n) is 8.38. The smallest absolute Gasteiger partial charge is 0.165 e. The highest BCUT2D eigenvalue weighted by atomic mass is 15.4. The van der Waals surface area contributed by atoms with Crippen LogP contribution in [0.15, 0.2) is 55.4 Å². The Hall–Kier alpha value is -3.68. The van der Waals surface area contributed by atoms with E-state index in [2.05, 4.69) is 32.0 Å². The van der Waals surface area contributed by atoms with Crippen LogP contribution in [0.1, 0.15) is 50.9 Å². The van der Waals surface area contributed by atoms with Gasteiger partial charge in [-0.2, -0.15) is 0 Å². The molecular formula is C24H24N8. The summed E-state index contributed by atoms with van der Waals surface area (Å²) in [5.41, 5.74) is 3.62. The summed E-state index contributed by atoms with van der Waals surface area (Å²) in [6, 6.07) is 10.7. The van der Waals surface area contributed by atoms with Crippen LogP contribution in [-0.4, -0.2) is 40.7 Å². The molecule has 8 heteroatoms. The summed E-state index contributed by atoms with van der Waals surface area (Å²) >= 11 is 0. The van der Waals surface area contributed by atoms with Crippen molar-refractivity contribution in [2.45, 2.75) is 51.1 Å². The van der Waals surface area contributed by atoms with Crippen LogP contribution in [-0.2, 0) is 0 Å². The molecule has 32 heavy (non-hydrogen) atoms. The average molecular weight is 425 g/mol. The molecule has 0 radical (unpaired) electrons. The number of aromatic nitrogens is 7. The summed E-state index contributed by atoms with van der Waals surface area (Å²) < 4.78 is 2.04. The van der Waals surface area contributed by atoms with Gasteiger partial charge in [-0.3, -0.25) is 4.57 Å². The van der Waals surface area contributed by atoms with Crippen LogP contribution in [0.5, 0.6) is 0 Å².